The molecule has 1 aliphatic carbocycles. The van der Waals surface area contributed by atoms with E-state index in [2.05, 4.69) is 4.18 Å². The Hall–Kier alpha value is -1.30. The Morgan fingerprint density at radius 2 is 1.62 bits per heavy atom. The molecule has 0 bridgehead atoms. The van der Waals surface area contributed by atoms with Gasteiger partial charge in [-0.1, -0.05) is 6.08 Å². The van der Waals surface area contributed by atoms with Crippen LogP contribution in [0.25, 0.3) is 0 Å². The van der Waals surface area contributed by atoms with E-state index in [4.69, 9.17) is 23.5 Å². The largest absolute Gasteiger partial charge is 0.397 e. The molecule has 3 aliphatic rings. The summed E-state index contributed by atoms with van der Waals surface area (Å²) in [6.07, 6.45) is -14.7. The molecule has 15 nitrogen and oxygen atoms in total. The quantitative estimate of drug-likeness (QED) is 0.127. The van der Waals surface area contributed by atoms with Crippen molar-refractivity contribution >= 4 is 10.4 Å². The first-order valence-electron chi connectivity index (χ1n) is 10.2. The van der Waals surface area contributed by atoms with Crippen molar-refractivity contribution < 1.29 is 66.7 Å². The number of hydrogen-bond donors (Lipinski definition) is 7. The highest BCUT2D eigenvalue weighted by Crippen LogP contribution is 2.34. The number of aliphatic hydroxyl groups is 6. The van der Waals surface area contributed by atoms with Gasteiger partial charge < -0.3 is 49.6 Å². The fourth-order valence-corrected chi connectivity index (χ4v) is 4.26. The summed E-state index contributed by atoms with van der Waals surface area (Å²) < 4.78 is 56.6. The van der Waals surface area contributed by atoms with Gasteiger partial charge in [-0.25, -0.2) is 4.18 Å². The third-order valence-electron chi connectivity index (χ3n) is 5.75. The van der Waals surface area contributed by atoms with Gasteiger partial charge in [0.2, 0.25) is 0 Å². The van der Waals surface area contributed by atoms with E-state index in [1.807, 2.05) is 0 Å². The first-order chi connectivity index (χ1) is 15.8. The van der Waals surface area contributed by atoms with Crippen LogP contribution in [0.4, 0.5) is 0 Å². The van der Waals surface area contributed by atoms with E-state index in [0.29, 0.717) is 0 Å². The zero-order valence-electron chi connectivity index (χ0n) is 17.8. The summed E-state index contributed by atoms with van der Waals surface area (Å²) in [5.74, 6) is 0. The van der Waals surface area contributed by atoms with Gasteiger partial charge in [0.15, 0.2) is 18.2 Å². The Labute approximate surface area is 194 Å². The molecule has 0 spiro atoms. The molecule has 12 atom stereocenters. The van der Waals surface area contributed by atoms with Gasteiger partial charge in [-0.05, 0) is 13.0 Å². The second kappa shape index (κ2) is 10.4. The van der Waals surface area contributed by atoms with Gasteiger partial charge in [-0.3, -0.25) is 4.55 Å². The lowest BCUT2D eigenvalue weighted by Crippen LogP contribution is -2.62. The Morgan fingerprint density at radius 3 is 2.24 bits per heavy atom. The van der Waals surface area contributed by atoms with Crippen LogP contribution in [0, 0.1) is 11.3 Å². The highest BCUT2D eigenvalue weighted by Gasteiger charge is 2.50. The van der Waals surface area contributed by atoms with E-state index in [-0.39, 0.29) is 0 Å². The summed E-state index contributed by atoms with van der Waals surface area (Å²) in [4.78, 5) is 0. The average Bonchev–Trinajstić information content (AvgIpc) is 3.16. The molecular weight excluding hydrogens is 486 g/mol. The van der Waals surface area contributed by atoms with Crippen molar-refractivity contribution in [1.29, 1.82) is 5.26 Å². The fraction of sp³-hybridized carbons (Fsp3) is 0.833. The van der Waals surface area contributed by atoms with Gasteiger partial charge in [0.05, 0.1) is 12.7 Å². The van der Waals surface area contributed by atoms with E-state index in [1.54, 1.807) is 6.07 Å². The zero-order valence-corrected chi connectivity index (χ0v) is 18.6. The minimum atomic E-state index is -4.82. The summed E-state index contributed by atoms with van der Waals surface area (Å²) in [6, 6.07) is 1.77. The summed E-state index contributed by atoms with van der Waals surface area (Å²) in [7, 11) is -4.82. The number of nitrogens with zero attached hydrogens (tertiary/aromatic N) is 1. The SMILES string of the molecule is C[C@@H]1O[C@H](OC[C@@H]2O[C@H](O[C@@]3(C#N)C=C[C@@H](OS(=O)(=O)O)C3)[C@@H](O)[C@H](O)[C@H]2O)[C@@H](O)[C@H](O)[C@H]1O. The molecule has 34 heavy (non-hydrogen) atoms. The van der Waals surface area contributed by atoms with Gasteiger partial charge in [-0.2, -0.15) is 13.7 Å². The molecule has 0 aromatic heterocycles. The van der Waals surface area contributed by atoms with E-state index < -0.39 is 96.5 Å². The standard InChI is InChI=1S/C18H27NO14S/c1-7-10(20)12(22)14(24)16(30-7)29-5-9-11(21)13(23)15(25)17(31-9)32-18(6-19)3-2-8(4-18)33-34(26,27)28/h2-3,7-17,20-25H,4-5H2,1H3,(H,26,27,28)/t7-,8+,9-,10-,11-,12+,13+,14-,15-,16-,17+,18-/m0/s1. The number of aliphatic hydroxyl groups excluding tert-OH is 6. The lowest BCUT2D eigenvalue weighted by molar-refractivity contribution is -0.335. The highest BCUT2D eigenvalue weighted by atomic mass is 32.3. The van der Waals surface area contributed by atoms with Crippen LogP contribution in [0.1, 0.15) is 13.3 Å². The Balaban J connectivity index is 1.66. The molecule has 2 saturated heterocycles. The molecule has 16 heteroatoms. The van der Waals surface area contributed by atoms with E-state index in [1.165, 1.54) is 6.92 Å². The average molecular weight is 513 g/mol. The molecule has 7 N–H and O–H groups in total. The smallest absolute Gasteiger partial charge is 0.388 e. The summed E-state index contributed by atoms with van der Waals surface area (Å²) >= 11 is 0. The molecule has 2 heterocycles. The minimum absolute atomic E-state index is 0.407. The van der Waals surface area contributed by atoms with Crippen molar-refractivity contribution in [2.24, 2.45) is 0 Å². The highest BCUT2D eigenvalue weighted by molar-refractivity contribution is 7.80. The maximum atomic E-state index is 10.9. The Bertz CT molecular complexity index is 894. The van der Waals surface area contributed by atoms with Crippen LogP contribution in [0.15, 0.2) is 12.2 Å². The fourth-order valence-electron chi connectivity index (χ4n) is 3.82. The maximum absolute atomic E-state index is 10.9. The number of nitriles is 1. The van der Waals surface area contributed by atoms with E-state index >= 15 is 0 Å². The van der Waals surface area contributed by atoms with E-state index in [9.17, 15) is 44.3 Å². The molecule has 0 aromatic rings. The molecule has 0 amide bonds. The molecule has 0 radical (unpaired) electrons. The van der Waals surface area contributed by atoms with Crippen LogP contribution in [0.2, 0.25) is 0 Å². The summed E-state index contributed by atoms with van der Waals surface area (Å²) in [5, 5.41) is 70.0. The van der Waals surface area contributed by atoms with Gasteiger partial charge in [0.1, 0.15) is 54.9 Å². The van der Waals surface area contributed by atoms with Crippen molar-refractivity contribution in [2.45, 2.75) is 86.5 Å². The predicted octanol–water partition coefficient (Wildman–Crippen LogP) is -3.94. The van der Waals surface area contributed by atoms with Crippen molar-refractivity contribution in [3.05, 3.63) is 12.2 Å². The predicted molar refractivity (Wildman–Crippen MR) is 105 cm³/mol. The number of ether oxygens (including phenoxy) is 4. The van der Waals surface area contributed by atoms with Crippen LogP contribution < -0.4 is 0 Å². The minimum Gasteiger partial charge on any atom is -0.388 e. The van der Waals surface area contributed by atoms with Crippen LogP contribution in [0.5, 0.6) is 0 Å². The van der Waals surface area contributed by atoms with Crippen LogP contribution in [-0.2, 0) is 33.5 Å². The van der Waals surface area contributed by atoms with Gasteiger partial charge in [0.25, 0.3) is 0 Å². The second-order valence-corrected chi connectivity index (χ2v) is 9.32. The Morgan fingerprint density at radius 1 is 1.00 bits per heavy atom. The normalized spacial score (nSPS) is 47.4. The lowest BCUT2D eigenvalue weighted by atomic mass is 9.98. The number of hydrogen-bond acceptors (Lipinski definition) is 14. The van der Waals surface area contributed by atoms with Crippen LogP contribution >= 0.6 is 0 Å². The maximum Gasteiger partial charge on any atom is 0.397 e. The van der Waals surface area contributed by atoms with Gasteiger partial charge in [-0.15, -0.1) is 0 Å². The van der Waals surface area contributed by atoms with Crippen molar-refractivity contribution in [3.63, 3.8) is 0 Å². The second-order valence-electron chi connectivity index (χ2n) is 8.27. The molecule has 3 rings (SSSR count). The third-order valence-corrected chi connectivity index (χ3v) is 6.24. The third kappa shape index (κ3) is 5.91. The first kappa shape index (κ1) is 27.3. The number of rotatable bonds is 7. The molecule has 0 unspecified atom stereocenters. The van der Waals surface area contributed by atoms with E-state index in [0.717, 1.165) is 12.2 Å². The van der Waals surface area contributed by atoms with Gasteiger partial charge >= 0.3 is 10.4 Å². The topological polar surface area (TPSA) is 246 Å². The van der Waals surface area contributed by atoms with Crippen LogP contribution in [-0.4, -0.2) is 123 Å². The molecule has 194 valence electrons. The van der Waals surface area contributed by atoms with Crippen molar-refractivity contribution in [3.8, 4) is 6.07 Å². The molecule has 2 aliphatic heterocycles. The zero-order chi connectivity index (χ0) is 25.4. The van der Waals surface area contributed by atoms with Crippen molar-refractivity contribution in [1.82, 2.24) is 0 Å². The molecular formula is C18H27NO14S. The Kier molecular flexibility index (Phi) is 8.32. The summed E-state index contributed by atoms with van der Waals surface area (Å²) in [6.45, 7) is 0.896. The molecule has 0 aromatic carbocycles. The van der Waals surface area contributed by atoms with Gasteiger partial charge in [0, 0.05) is 6.42 Å². The van der Waals surface area contributed by atoms with Crippen molar-refractivity contribution in [2.75, 3.05) is 6.61 Å². The molecule has 0 saturated carbocycles. The van der Waals surface area contributed by atoms with Crippen LogP contribution in [0.3, 0.4) is 0 Å². The monoisotopic (exact) mass is 513 g/mol. The first-order valence-corrected chi connectivity index (χ1v) is 11.6. The summed E-state index contributed by atoms with van der Waals surface area (Å²) in [5.41, 5.74) is -1.87. The lowest BCUT2D eigenvalue weighted by Gasteiger charge is -2.43. The molecule has 2 fully saturated rings.